The summed E-state index contributed by atoms with van der Waals surface area (Å²) < 4.78 is 16.7. The van der Waals surface area contributed by atoms with Crippen molar-refractivity contribution in [2.45, 2.75) is 19.3 Å². The number of guanidine groups is 1. The van der Waals surface area contributed by atoms with Crippen molar-refractivity contribution < 1.29 is 14.2 Å². The van der Waals surface area contributed by atoms with Crippen molar-refractivity contribution in [3.63, 3.8) is 0 Å². The van der Waals surface area contributed by atoms with Gasteiger partial charge in [0.1, 0.15) is 5.75 Å². The summed E-state index contributed by atoms with van der Waals surface area (Å²) in [4.78, 5) is 4.46. The summed E-state index contributed by atoms with van der Waals surface area (Å²) in [5, 5.41) is 3.11. The van der Waals surface area contributed by atoms with Crippen LogP contribution < -0.4 is 25.3 Å². The second-order valence-electron chi connectivity index (χ2n) is 6.21. The molecule has 1 aliphatic heterocycles. The molecule has 26 heavy (non-hydrogen) atoms. The van der Waals surface area contributed by atoms with E-state index in [1.165, 1.54) is 0 Å². The summed E-state index contributed by atoms with van der Waals surface area (Å²) in [5.74, 6) is 2.90. The fourth-order valence-electron chi connectivity index (χ4n) is 2.84. The minimum atomic E-state index is 0.190. The number of aliphatic imine (C=N–C) groups is 1. The highest BCUT2D eigenvalue weighted by Crippen LogP contribution is 2.32. The van der Waals surface area contributed by atoms with Crippen molar-refractivity contribution in [3.05, 3.63) is 48.0 Å². The summed E-state index contributed by atoms with van der Waals surface area (Å²) >= 11 is 0. The second-order valence-corrected chi connectivity index (χ2v) is 6.21. The van der Waals surface area contributed by atoms with Crippen LogP contribution in [-0.4, -0.2) is 32.8 Å². The molecule has 0 saturated heterocycles. The third kappa shape index (κ3) is 4.39. The van der Waals surface area contributed by atoms with Crippen molar-refractivity contribution in [1.29, 1.82) is 0 Å². The van der Waals surface area contributed by atoms with Gasteiger partial charge in [0.15, 0.2) is 17.5 Å². The molecule has 1 heterocycles. The number of fused-ring (bicyclic) bond motifs is 1. The molecular weight excluding hydrogens is 330 g/mol. The molecule has 2 aromatic carbocycles. The average Bonchev–Trinajstić information content (AvgIpc) is 2.91. The van der Waals surface area contributed by atoms with E-state index in [0.717, 1.165) is 34.9 Å². The lowest BCUT2D eigenvalue weighted by atomic mass is 10.0. The van der Waals surface area contributed by atoms with Gasteiger partial charge in [-0.3, -0.25) is 4.99 Å². The molecule has 0 saturated carbocycles. The number of rotatable bonds is 5. The van der Waals surface area contributed by atoms with Gasteiger partial charge in [0.2, 0.25) is 0 Å². The van der Waals surface area contributed by atoms with Crippen molar-refractivity contribution in [2.24, 2.45) is 10.7 Å². The lowest BCUT2D eigenvalue weighted by Gasteiger charge is -2.14. The van der Waals surface area contributed by atoms with E-state index in [9.17, 15) is 0 Å². The number of nitrogens with one attached hydrogen (secondary N) is 1. The van der Waals surface area contributed by atoms with Gasteiger partial charge in [-0.15, -0.1) is 0 Å². The Morgan fingerprint density at radius 3 is 2.77 bits per heavy atom. The first-order valence-corrected chi connectivity index (χ1v) is 8.77. The van der Waals surface area contributed by atoms with E-state index in [4.69, 9.17) is 19.9 Å². The van der Waals surface area contributed by atoms with Crippen LogP contribution in [0, 0.1) is 0 Å². The number of methoxy groups -OCH3 is 1. The molecule has 0 aliphatic carbocycles. The Balaban J connectivity index is 1.64. The van der Waals surface area contributed by atoms with Crippen LogP contribution >= 0.6 is 0 Å². The maximum Gasteiger partial charge on any atom is 0.193 e. The first-order chi connectivity index (χ1) is 12.7. The number of para-hydroxylation sites is 1. The van der Waals surface area contributed by atoms with Gasteiger partial charge in [0.05, 0.1) is 20.3 Å². The van der Waals surface area contributed by atoms with Gasteiger partial charge in [-0.05, 0) is 23.8 Å². The predicted octanol–water partition coefficient (Wildman–Crippen LogP) is 3.39. The Morgan fingerprint density at radius 2 is 1.96 bits per heavy atom. The molecule has 6 heteroatoms. The van der Waals surface area contributed by atoms with Crippen LogP contribution in [0.25, 0.3) is 0 Å². The molecule has 1 unspecified atom stereocenters. The zero-order valence-electron chi connectivity index (χ0n) is 15.2. The molecule has 1 atom stereocenters. The molecule has 0 radical (unpaired) electrons. The first kappa shape index (κ1) is 17.9. The molecule has 0 amide bonds. The van der Waals surface area contributed by atoms with E-state index >= 15 is 0 Å². The molecule has 0 bridgehead atoms. The first-order valence-electron chi connectivity index (χ1n) is 8.77. The summed E-state index contributed by atoms with van der Waals surface area (Å²) in [5.41, 5.74) is 7.98. The maximum absolute atomic E-state index is 6.05. The van der Waals surface area contributed by atoms with E-state index in [2.05, 4.69) is 17.2 Å². The van der Waals surface area contributed by atoms with Gasteiger partial charge in [-0.1, -0.05) is 25.1 Å². The standard InChI is InChI=1S/C20H25N3O3/c1-14(16-6-3-4-7-17(16)24-2)13-22-20(21)23-15-8-9-18-19(12-15)26-11-5-10-25-18/h3-4,6-9,12,14H,5,10-11,13H2,1-2H3,(H3,21,22,23). The fraction of sp³-hybridized carbons (Fsp3) is 0.350. The van der Waals surface area contributed by atoms with Gasteiger partial charge >= 0.3 is 0 Å². The summed E-state index contributed by atoms with van der Waals surface area (Å²) in [6.45, 7) is 3.98. The van der Waals surface area contributed by atoms with Crippen molar-refractivity contribution in [3.8, 4) is 17.2 Å². The molecule has 0 spiro atoms. The number of benzene rings is 2. The predicted molar refractivity (Wildman–Crippen MR) is 104 cm³/mol. The Labute approximate surface area is 154 Å². The summed E-state index contributed by atoms with van der Waals surface area (Å²) in [7, 11) is 1.68. The van der Waals surface area contributed by atoms with Crippen LogP contribution in [0.2, 0.25) is 0 Å². The fourth-order valence-corrected chi connectivity index (χ4v) is 2.84. The van der Waals surface area contributed by atoms with E-state index in [-0.39, 0.29) is 5.92 Å². The van der Waals surface area contributed by atoms with E-state index in [0.29, 0.717) is 25.7 Å². The van der Waals surface area contributed by atoms with Gasteiger partial charge < -0.3 is 25.3 Å². The van der Waals surface area contributed by atoms with Crippen molar-refractivity contribution in [2.75, 3.05) is 32.2 Å². The van der Waals surface area contributed by atoms with Gasteiger partial charge in [0.25, 0.3) is 0 Å². The zero-order chi connectivity index (χ0) is 18.4. The summed E-state index contributed by atoms with van der Waals surface area (Å²) in [6.07, 6.45) is 0.877. The minimum Gasteiger partial charge on any atom is -0.496 e. The lowest BCUT2D eigenvalue weighted by molar-refractivity contribution is 0.297. The Morgan fingerprint density at radius 1 is 1.19 bits per heavy atom. The van der Waals surface area contributed by atoms with E-state index in [1.54, 1.807) is 7.11 Å². The third-order valence-corrected chi connectivity index (χ3v) is 4.23. The van der Waals surface area contributed by atoms with Crippen LogP contribution in [0.3, 0.4) is 0 Å². The monoisotopic (exact) mass is 355 g/mol. The minimum absolute atomic E-state index is 0.190. The lowest BCUT2D eigenvalue weighted by Crippen LogP contribution is -2.23. The molecule has 2 aromatic rings. The Kier molecular flexibility index (Phi) is 5.84. The second kappa shape index (κ2) is 8.47. The SMILES string of the molecule is COc1ccccc1C(C)CN=C(N)Nc1ccc2c(c1)OCCCO2. The molecular formula is C20H25N3O3. The highest BCUT2D eigenvalue weighted by Gasteiger charge is 2.12. The number of hydrogen-bond acceptors (Lipinski definition) is 4. The van der Waals surface area contributed by atoms with E-state index < -0.39 is 0 Å². The highest BCUT2D eigenvalue weighted by atomic mass is 16.5. The maximum atomic E-state index is 6.05. The zero-order valence-corrected chi connectivity index (χ0v) is 15.2. The largest absolute Gasteiger partial charge is 0.496 e. The number of ether oxygens (including phenoxy) is 3. The third-order valence-electron chi connectivity index (χ3n) is 4.23. The Bertz CT molecular complexity index is 777. The smallest absolute Gasteiger partial charge is 0.193 e. The van der Waals surface area contributed by atoms with E-state index in [1.807, 2.05) is 42.5 Å². The molecule has 3 N–H and O–H groups in total. The number of nitrogens with zero attached hydrogens (tertiary/aromatic N) is 1. The molecule has 3 rings (SSSR count). The van der Waals surface area contributed by atoms with Crippen LogP contribution in [0.5, 0.6) is 17.2 Å². The van der Waals surface area contributed by atoms with Gasteiger partial charge in [-0.2, -0.15) is 0 Å². The quantitative estimate of drug-likeness (QED) is 0.635. The molecule has 0 aromatic heterocycles. The molecule has 0 fully saturated rings. The van der Waals surface area contributed by atoms with Crippen LogP contribution in [0.15, 0.2) is 47.5 Å². The number of anilines is 1. The van der Waals surface area contributed by atoms with Crippen molar-refractivity contribution >= 4 is 11.6 Å². The summed E-state index contributed by atoms with van der Waals surface area (Å²) in [6, 6.07) is 13.6. The normalized spacial score (nSPS) is 15.1. The van der Waals surface area contributed by atoms with Crippen LogP contribution in [0.1, 0.15) is 24.8 Å². The van der Waals surface area contributed by atoms with Gasteiger partial charge in [-0.25, -0.2) is 0 Å². The van der Waals surface area contributed by atoms with Gasteiger partial charge in [0, 0.05) is 30.6 Å². The number of hydrogen-bond donors (Lipinski definition) is 2. The molecule has 6 nitrogen and oxygen atoms in total. The topological polar surface area (TPSA) is 78.1 Å². The Hall–Kier alpha value is -2.89. The van der Waals surface area contributed by atoms with Crippen LogP contribution in [-0.2, 0) is 0 Å². The number of nitrogens with two attached hydrogens (primary N) is 1. The van der Waals surface area contributed by atoms with Crippen molar-refractivity contribution in [1.82, 2.24) is 0 Å². The highest BCUT2D eigenvalue weighted by molar-refractivity contribution is 5.92. The average molecular weight is 355 g/mol. The van der Waals surface area contributed by atoms with Crippen LogP contribution in [0.4, 0.5) is 5.69 Å². The molecule has 1 aliphatic rings. The molecule has 138 valence electrons.